The Labute approximate surface area is 93.3 Å². The van der Waals surface area contributed by atoms with Crippen molar-refractivity contribution in [2.24, 2.45) is 5.84 Å². The van der Waals surface area contributed by atoms with Crippen LogP contribution in [-0.4, -0.2) is 4.98 Å². The van der Waals surface area contributed by atoms with Gasteiger partial charge in [0.25, 0.3) is 0 Å². The molecule has 80 valence electrons. The van der Waals surface area contributed by atoms with Crippen LogP contribution in [0.2, 0.25) is 0 Å². The number of anilines is 1. The van der Waals surface area contributed by atoms with E-state index in [1.165, 1.54) is 10.3 Å². The zero-order valence-electron chi connectivity index (χ0n) is 8.95. The van der Waals surface area contributed by atoms with Crippen molar-refractivity contribution >= 4 is 26.7 Å². The average Bonchev–Trinajstić information content (AvgIpc) is 2.70. The lowest BCUT2D eigenvalue weighted by Gasteiger charge is -2.08. The van der Waals surface area contributed by atoms with Gasteiger partial charge in [0.1, 0.15) is 0 Å². The average molecular weight is 221 g/mol. The van der Waals surface area contributed by atoms with Crippen LogP contribution in [0.3, 0.4) is 0 Å². The maximum atomic E-state index is 5.37. The van der Waals surface area contributed by atoms with Crippen LogP contribution in [0.25, 0.3) is 10.2 Å². The number of nitrogens with zero attached hydrogens (tertiary/aromatic N) is 1. The van der Waals surface area contributed by atoms with E-state index < -0.39 is 0 Å². The van der Waals surface area contributed by atoms with Crippen molar-refractivity contribution in [2.75, 3.05) is 5.43 Å². The lowest BCUT2D eigenvalue weighted by molar-refractivity contribution is 0.738. The summed E-state index contributed by atoms with van der Waals surface area (Å²) in [6.45, 7) is 4.42. The fourth-order valence-corrected chi connectivity index (χ4v) is 2.46. The van der Waals surface area contributed by atoms with Gasteiger partial charge < -0.3 is 0 Å². The summed E-state index contributed by atoms with van der Waals surface area (Å²) in [5, 5.41) is 0.778. The summed E-state index contributed by atoms with van der Waals surface area (Å²) in [6.07, 6.45) is 1.13. The number of hydrazine groups is 1. The fraction of sp³-hybridized carbons (Fsp3) is 0.364. The molecule has 0 aliphatic rings. The predicted octanol–water partition coefficient (Wildman–Crippen LogP) is 3.10. The SMILES string of the molecule is CCC(C)c1cccc2sc(NN)nc12. The molecule has 1 heterocycles. The summed E-state index contributed by atoms with van der Waals surface area (Å²) < 4.78 is 1.20. The first-order valence-corrected chi connectivity index (χ1v) is 5.94. The van der Waals surface area contributed by atoms with E-state index in [2.05, 4.69) is 42.5 Å². The number of aromatic nitrogens is 1. The van der Waals surface area contributed by atoms with Crippen molar-refractivity contribution in [3.8, 4) is 0 Å². The molecule has 2 rings (SSSR count). The van der Waals surface area contributed by atoms with Crippen LogP contribution in [0.4, 0.5) is 5.13 Å². The molecule has 0 radical (unpaired) electrons. The van der Waals surface area contributed by atoms with Crippen LogP contribution in [0.15, 0.2) is 18.2 Å². The molecule has 1 aromatic heterocycles. The Hall–Kier alpha value is -1.13. The van der Waals surface area contributed by atoms with Gasteiger partial charge in [-0.1, -0.05) is 37.3 Å². The molecule has 0 spiro atoms. The summed E-state index contributed by atoms with van der Waals surface area (Å²) in [5.41, 5.74) is 5.01. The van der Waals surface area contributed by atoms with Gasteiger partial charge in [0.05, 0.1) is 10.2 Å². The summed E-state index contributed by atoms with van der Waals surface area (Å²) in [6, 6.07) is 6.32. The molecule has 1 unspecified atom stereocenters. The summed E-state index contributed by atoms with van der Waals surface area (Å²) >= 11 is 1.59. The smallest absolute Gasteiger partial charge is 0.198 e. The normalized spacial score (nSPS) is 13.0. The quantitative estimate of drug-likeness (QED) is 0.618. The molecule has 0 amide bonds. The molecule has 3 nitrogen and oxygen atoms in total. The summed E-state index contributed by atoms with van der Waals surface area (Å²) in [7, 11) is 0. The number of para-hydroxylation sites is 1. The van der Waals surface area contributed by atoms with Gasteiger partial charge in [0.15, 0.2) is 5.13 Å². The minimum atomic E-state index is 0.543. The molecule has 1 aromatic carbocycles. The standard InChI is InChI=1S/C11H15N3S/c1-3-7(2)8-5-4-6-9-10(8)13-11(14-12)15-9/h4-7H,3,12H2,1-2H3,(H,13,14). The molecule has 1 atom stereocenters. The van der Waals surface area contributed by atoms with Gasteiger partial charge in [-0.25, -0.2) is 10.8 Å². The Morgan fingerprint density at radius 1 is 1.53 bits per heavy atom. The Morgan fingerprint density at radius 3 is 3.00 bits per heavy atom. The molecule has 0 saturated carbocycles. The fourth-order valence-electron chi connectivity index (χ4n) is 1.65. The molecule has 0 saturated heterocycles. The van der Waals surface area contributed by atoms with E-state index in [4.69, 9.17) is 5.84 Å². The molecule has 0 aliphatic carbocycles. The second-order valence-electron chi connectivity index (χ2n) is 3.67. The largest absolute Gasteiger partial charge is 0.300 e. The third kappa shape index (κ3) is 1.82. The Bertz CT molecular complexity index is 464. The minimum absolute atomic E-state index is 0.543. The molecular weight excluding hydrogens is 206 g/mol. The van der Waals surface area contributed by atoms with E-state index in [1.807, 2.05) is 0 Å². The first-order chi connectivity index (χ1) is 7.26. The first kappa shape index (κ1) is 10.4. The maximum Gasteiger partial charge on any atom is 0.198 e. The molecule has 4 heteroatoms. The highest BCUT2D eigenvalue weighted by Crippen LogP contribution is 2.32. The summed E-state index contributed by atoms with van der Waals surface area (Å²) in [5.74, 6) is 5.91. The number of nitrogen functional groups attached to an aromatic ring is 1. The second kappa shape index (κ2) is 4.16. The highest BCUT2D eigenvalue weighted by Gasteiger charge is 2.11. The van der Waals surface area contributed by atoms with Gasteiger partial charge in [0.2, 0.25) is 0 Å². The Morgan fingerprint density at radius 2 is 2.33 bits per heavy atom. The number of nitrogens with one attached hydrogen (secondary N) is 1. The van der Waals surface area contributed by atoms with Gasteiger partial charge in [-0.3, -0.25) is 5.43 Å². The number of benzene rings is 1. The topological polar surface area (TPSA) is 50.9 Å². The Kier molecular flexibility index (Phi) is 2.88. The third-order valence-electron chi connectivity index (χ3n) is 2.72. The molecule has 0 aliphatic heterocycles. The van der Waals surface area contributed by atoms with Crippen molar-refractivity contribution in [3.05, 3.63) is 23.8 Å². The molecular formula is C11H15N3S. The van der Waals surface area contributed by atoms with E-state index in [-0.39, 0.29) is 0 Å². The maximum absolute atomic E-state index is 5.37. The van der Waals surface area contributed by atoms with E-state index in [0.29, 0.717) is 5.92 Å². The predicted molar refractivity (Wildman–Crippen MR) is 66.1 cm³/mol. The van der Waals surface area contributed by atoms with Crippen LogP contribution in [0, 0.1) is 0 Å². The number of nitrogens with two attached hydrogens (primary N) is 1. The number of hydrogen-bond donors (Lipinski definition) is 2. The van der Waals surface area contributed by atoms with Crippen LogP contribution in [-0.2, 0) is 0 Å². The lowest BCUT2D eigenvalue weighted by atomic mass is 9.98. The zero-order chi connectivity index (χ0) is 10.8. The lowest BCUT2D eigenvalue weighted by Crippen LogP contribution is -2.05. The van der Waals surface area contributed by atoms with E-state index >= 15 is 0 Å². The van der Waals surface area contributed by atoms with Crippen molar-refractivity contribution in [3.63, 3.8) is 0 Å². The van der Waals surface area contributed by atoms with Gasteiger partial charge in [-0.15, -0.1) is 0 Å². The van der Waals surface area contributed by atoms with E-state index in [0.717, 1.165) is 17.1 Å². The van der Waals surface area contributed by atoms with Crippen LogP contribution < -0.4 is 11.3 Å². The second-order valence-corrected chi connectivity index (χ2v) is 4.70. The van der Waals surface area contributed by atoms with Gasteiger partial charge in [-0.05, 0) is 24.0 Å². The monoisotopic (exact) mass is 221 g/mol. The molecule has 0 fully saturated rings. The highest BCUT2D eigenvalue weighted by molar-refractivity contribution is 7.22. The van der Waals surface area contributed by atoms with Gasteiger partial charge in [-0.2, -0.15) is 0 Å². The zero-order valence-corrected chi connectivity index (χ0v) is 9.77. The minimum Gasteiger partial charge on any atom is -0.300 e. The molecule has 0 bridgehead atoms. The first-order valence-electron chi connectivity index (χ1n) is 5.12. The van der Waals surface area contributed by atoms with Crippen molar-refractivity contribution < 1.29 is 0 Å². The Balaban J connectivity index is 2.59. The van der Waals surface area contributed by atoms with Crippen molar-refractivity contribution in [1.82, 2.24) is 4.98 Å². The van der Waals surface area contributed by atoms with Crippen molar-refractivity contribution in [1.29, 1.82) is 0 Å². The van der Waals surface area contributed by atoms with Crippen LogP contribution in [0.1, 0.15) is 31.7 Å². The van der Waals surface area contributed by atoms with Crippen molar-refractivity contribution in [2.45, 2.75) is 26.2 Å². The van der Waals surface area contributed by atoms with E-state index in [1.54, 1.807) is 11.3 Å². The van der Waals surface area contributed by atoms with Crippen LogP contribution in [0.5, 0.6) is 0 Å². The van der Waals surface area contributed by atoms with E-state index in [9.17, 15) is 0 Å². The van der Waals surface area contributed by atoms with Crippen LogP contribution >= 0.6 is 11.3 Å². The van der Waals surface area contributed by atoms with Gasteiger partial charge >= 0.3 is 0 Å². The third-order valence-corrected chi connectivity index (χ3v) is 3.67. The number of fused-ring (bicyclic) bond motifs is 1. The number of rotatable bonds is 3. The molecule has 3 N–H and O–H groups in total. The number of hydrogen-bond acceptors (Lipinski definition) is 4. The molecule has 2 aromatic rings. The highest BCUT2D eigenvalue weighted by atomic mass is 32.1. The van der Waals surface area contributed by atoms with Gasteiger partial charge in [0, 0.05) is 0 Å². The summed E-state index contributed by atoms with van der Waals surface area (Å²) in [4.78, 5) is 4.48. The number of thiazole rings is 1. The molecule has 15 heavy (non-hydrogen) atoms.